The van der Waals surface area contributed by atoms with Gasteiger partial charge in [0.2, 0.25) is 0 Å². The molecule has 1 aromatic heterocycles. The number of carboxylic acids is 1. The molecule has 0 saturated heterocycles. The van der Waals surface area contributed by atoms with Crippen LogP contribution in [-0.4, -0.2) is 28.6 Å². The van der Waals surface area contributed by atoms with E-state index in [4.69, 9.17) is 0 Å². The van der Waals surface area contributed by atoms with E-state index in [-0.39, 0.29) is 0 Å². The SMILES string of the molecule is CCN(c1cc(C)nc(C)c1C(=O)O)C1CCCCC1. The third kappa shape index (κ3) is 2.94. The molecular formula is C16H24N2O2. The van der Waals surface area contributed by atoms with Crippen LogP contribution in [0.25, 0.3) is 0 Å². The Morgan fingerprint density at radius 2 is 2.00 bits per heavy atom. The molecule has 0 aliphatic heterocycles. The van der Waals surface area contributed by atoms with Gasteiger partial charge in [0, 0.05) is 18.3 Å². The van der Waals surface area contributed by atoms with Crippen LogP contribution in [0.5, 0.6) is 0 Å². The van der Waals surface area contributed by atoms with Crippen LogP contribution in [0.3, 0.4) is 0 Å². The Morgan fingerprint density at radius 3 is 2.55 bits per heavy atom. The van der Waals surface area contributed by atoms with Gasteiger partial charge in [0.15, 0.2) is 0 Å². The van der Waals surface area contributed by atoms with Crippen molar-refractivity contribution in [2.45, 2.75) is 58.9 Å². The highest BCUT2D eigenvalue weighted by Gasteiger charge is 2.25. The summed E-state index contributed by atoms with van der Waals surface area (Å²) in [6.07, 6.45) is 6.11. The van der Waals surface area contributed by atoms with Gasteiger partial charge in [-0.25, -0.2) is 4.79 Å². The molecule has 1 N–H and O–H groups in total. The van der Waals surface area contributed by atoms with Crippen LogP contribution in [0, 0.1) is 13.8 Å². The quantitative estimate of drug-likeness (QED) is 0.913. The largest absolute Gasteiger partial charge is 0.478 e. The summed E-state index contributed by atoms with van der Waals surface area (Å²) in [5.74, 6) is -0.876. The highest BCUT2D eigenvalue weighted by atomic mass is 16.4. The lowest BCUT2D eigenvalue weighted by Gasteiger charge is -2.36. The van der Waals surface area contributed by atoms with E-state index in [2.05, 4.69) is 16.8 Å². The lowest BCUT2D eigenvalue weighted by molar-refractivity contribution is 0.0696. The molecule has 1 aliphatic carbocycles. The van der Waals surface area contributed by atoms with Crippen molar-refractivity contribution in [3.8, 4) is 0 Å². The van der Waals surface area contributed by atoms with Crippen LogP contribution in [0.15, 0.2) is 6.07 Å². The Labute approximate surface area is 120 Å². The van der Waals surface area contributed by atoms with Crippen molar-refractivity contribution >= 4 is 11.7 Å². The number of aromatic carboxylic acids is 1. The molecule has 0 radical (unpaired) electrons. The van der Waals surface area contributed by atoms with Crippen molar-refractivity contribution in [2.75, 3.05) is 11.4 Å². The predicted molar refractivity (Wildman–Crippen MR) is 80.6 cm³/mol. The van der Waals surface area contributed by atoms with Gasteiger partial charge in [-0.3, -0.25) is 4.98 Å². The first-order chi connectivity index (χ1) is 9.54. The Hall–Kier alpha value is -1.58. The fraction of sp³-hybridized carbons (Fsp3) is 0.625. The summed E-state index contributed by atoms with van der Waals surface area (Å²) in [7, 11) is 0. The van der Waals surface area contributed by atoms with Gasteiger partial charge in [-0.2, -0.15) is 0 Å². The summed E-state index contributed by atoms with van der Waals surface area (Å²) in [4.78, 5) is 18.2. The molecule has 1 fully saturated rings. The normalized spacial score (nSPS) is 16.1. The summed E-state index contributed by atoms with van der Waals surface area (Å²) in [5, 5.41) is 9.51. The Morgan fingerprint density at radius 1 is 1.35 bits per heavy atom. The standard InChI is InChI=1S/C16H24N2O2/c1-4-18(13-8-6-5-7-9-13)14-10-11(2)17-12(3)15(14)16(19)20/h10,13H,4-9H2,1-3H3,(H,19,20). The average molecular weight is 276 g/mol. The maximum absolute atomic E-state index is 11.6. The zero-order valence-electron chi connectivity index (χ0n) is 12.6. The molecule has 0 spiro atoms. The van der Waals surface area contributed by atoms with E-state index in [1.165, 1.54) is 19.3 Å². The topological polar surface area (TPSA) is 53.4 Å². The second kappa shape index (κ2) is 6.25. The maximum Gasteiger partial charge on any atom is 0.339 e. The molecule has 0 atom stereocenters. The lowest BCUT2D eigenvalue weighted by atomic mass is 9.93. The fourth-order valence-electron chi connectivity index (χ4n) is 3.32. The minimum absolute atomic E-state index is 0.364. The summed E-state index contributed by atoms with van der Waals surface area (Å²) in [6, 6.07) is 2.39. The van der Waals surface area contributed by atoms with Crippen LogP contribution >= 0.6 is 0 Å². The second-order valence-electron chi connectivity index (χ2n) is 5.63. The van der Waals surface area contributed by atoms with E-state index in [1.807, 2.05) is 13.0 Å². The third-order valence-corrected chi connectivity index (χ3v) is 4.19. The zero-order valence-corrected chi connectivity index (χ0v) is 12.6. The number of pyridine rings is 1. The molecule has 0 unspecified atom stereocenters. The summed E-state index contributed by atoms with van der Waals surface area (Å²) in [6.45, 7) is 6.66. The molecular weight excluding hydrogens is 252 g/mol. The first-order valence-electron chi connectivity index (χ1n) is 7.52. The Balaban J connectivity index is 2.44. The van der Waals surface area contributed by atoms with Crippen LogP contribution in [0.4, 0.5) is 5.69 Å². The van der Waals surface area contributed by atoms with Gasteiger partial charge in [0.05, 0.1) is 11.4 Å². The number of carbonyl (C=O) groups is 1. The van der Waals surface area contributed by atoms with Crippen LogP contribution < -0.4 is 4.90 Å². The molecule has 1 heterocycles. The van der Waals surface area contributed by atoms with Crippen molar-refractivity contribution in [3.05, 3.63) is 23.0 Å². The fourth-order valence-corrected chi connectivity index (χ4v) is 3.32. The van der Waals surface area contributed by atoms with E-state index < -0.39 is 5.97 Å². The maximum atomic E-state index is 11.6. The van der Waals surface area contributed by atoms with Gasteiger partial charge in [-0.1, -0.05) is 19.3 Å². The van der Waals surface area contributed by atoms with Crippen LogP contribution in [-0.2, 0) is 0 Å². The molecule has 0 amide bonds. The average Bonchev–Trinajstić information content (AvgIpc) is 2.39. The van der Waals surface area contributed by atoms with Gasteiger partial charge >= 0.3 is 5.97 Å². The van der Waals surface area contributed by atoms with E-state index in [0.717, 1.165) is 30.8 Å². The number of nitrogens with zero attached hydrogens (tertiary/aromatic N) is 2. The first-order valence-corrected chi connectivity index (χ1v) is 7.52. The van der Waals surface area contributed by atoms with Crippen molar-refractivity contribution < 1.29 is 9.90 Å². The molecule has 110 valence electrons. The smallest absolute Gasteiger partial charge is 0.339 e. The van der Waals surface area contributed by atoms with Gasteiger partial charge in [0.1, 0.15) is 5.56 Å². The zero-order chi connectivity index (χ0) is 14.7. The third-order valence-electron chi connectivity index (χ3n) is 4.19. The minimum Gasteiger partial charge on any atom is -0.478 e. The summed E-state index contributed by atoms with van der Waals surface area (Å²) in [5.41, 5.74) is 2.71. The molecule has 1 saturated carbocycles. The number of hydrogen-bond donors (Lipinski definition) is 1. The van der Waals surface area contributed by atoms with Gasteiger partial charge in [-0.05, 0) is 39.7 Å². The van der Waals surface area contributed by atoms with Gasteiger partial charge in [0.25, 0.3) is 0 Å². The number of rotatable bonds is 4. The predicted octanol–water partition coefficient (Wildman–Crippen LogP) is 3.56. The Kier molecular flexibility index (Phi) is 4.63. The number of anilines is 1. The second-order valence-corrected chi connectivity index (χ2v) is 5.63. The first kappa shape index (κ1) is 14.8. The monoisotopic (exact) mass is 276 g/mol. The summed E-state index contributed by atoms with van der Waals surface area (Å²) >= 11 is 0. The molecule has 2 rings (SSSR count). The van der Waals surface area contributed by atoms with Crippen LogP contribution in [0.1, 0.15) is 60.8 Å². The Bertz CT molecular complexity index is 493. The highest BCUT2D eigenvalue weighted by Crippen LogP contribution is 2.31. The van der Waals surface area contributed by atoms with E-state index in [0.29, 0.717) is 17.3 Å². The molecule has 1 aromatic rings. The molecule has 4 nitrogen and oxygen atoms in total. The van der Waals surface area contributed by atoms with Crippen molar-refractivity contribution in [3.63, 3.8) is 0 Å². The van der Waals surface area contributed by atoms with Crippen LogP contribution in [0.2, 0.25) is 0 Å². The molecule has 1 aliphatic rings. The molecule has 0 bridgehead atoms. The number of aryl methyl sites for hydroxylation is 2. The van der Waals surface area contributed by atoms with E-state index in [1.54, 1.807) is 6.92 Å². The van der Waals surface area contributed by atoms with Crippen molar-refractivity contribution in [1.82, 2.24) is 4.98 Å². The molecule has 0 aromatic carbocycles. The van der Waals surface area contributed by atoms with E-state index in [9.17, 15) is 9.90 Å². The number of aromatic nitrogens is 1. The molecule has 20 heavy (non-hydrogen) atoms. The lowest BCUT2D eigenvalue weighted by Crippen LogP contribution is -2.38. The summed E-state index contributed by atoms with van der Waals surface area (Å²) < 4.78 is 0. The number of hydrogen-bond acceptors (Lipinski definition) is 3. The van der Waals surface area contributed by atoms with Crippen molar-refractivity contribution in [1.29, 1.82) is 0 Å². The number of carboxylic acid groups (broad SMARTS) is 1. The van der Waals surface area contributed by atoms with Gasteiger partial charge in [-0.15, -0.1) is 0 Å². The van der Waals surface area contributed by atoms with E-state index >= 15 is 0 Å². The highest BCUT2D eigenvalue weighted by molar-refractivity contribution is 5.95. The van der Waals surface area contributed by atoms with Gasteiger partial charge < -0.3 is 10.0 Å². The van der Waals surface area contributed by atoms with Crippen molar-refractivity contribution in [2.24, 2.45) is 0 Å². The minimum atomic E-state index is -0.876. The molecule has 4 heteroatoms.